The Labute approximate surface area is 113 Å². The highest BCUT2D eigenvalue weighted by molar-refractivity contribution is 9.10. The van der Waals surface area contributed by atoms with Gasteiger partial charge in [0.25, 0.3) is 0 Å². The molecule has 0 spiro atoms. The second-order valence-electron chi connectivity index (χ2n) is 4.38. The number of halogens is 1. The molecule has 1 heterocycles. The number of carbonyl (C=O) groups excluding carboxylic acids is 1. The first-order valence-corrected chi connectivity index (χ1v) is 6.51. The molecule has 1 aromatic heterocycles. The zero-order chi connectivity index (χ0) is 13.1. The van der Waals surface area contributed by atoms with E-state index in [1.54, 1.807) is 18.3 Å². The zero-order valence-corrected chi connectivity index (χ0v) is 11.2. The smallest absolute Gasteiger partial charge is 0.306 e. The molecule has 96 valence electrons. The fourth-order valence-corrected chi connectivity index (χ4v) is 2.51. The SMILES string of the molecule is O=C(O)[C@H]1CC[C@@H](C(=O)Nc2cccnc2Br)C1. The third kappa shape index (κ3) is 2.87. The quantitative estimate of drug-likeness (QED) is 0.839. The number of nitrogens with one attached hydrogen (secondary N) is 1. The van der Waals surface area contributed by atoms with Crippen LogP contribution >= 0.6 is 15.9 Å². The summed E-state index contributed by atoms with van der Waals surface area (Å²) < 4.78 is 0.575. The lowest BCUT2D eigenvalue weighted by molar-refractivity contribution is -0.141. The molecule has 1 aliphatic carbocycles. The van der Waals surface area contributed by atoms with E-state index in [1.165, 1.54) is 0 Å². The number of carbonyl (C=O) groups is 2. The monoisotopic (exact) mass is 312 g/mol. The summed E-state index contributed by atoms with van der Waals surface area (Å²) in [6.45, 7) is 0. The van der Waals surface area contributed by atoms with E-state index in [4.69, 9.17) is 5.11 Å². The number of amides is 1. The van der Waals surface area contributed by atoms with Crippen LogP contribution in [0.25, 0.3) is 0 Å². The predicted octanol–water partition coefficient (Wildman–Crippen LogP) is 2.28. The lowest BCUT2D eigenvalue weighted by Crippen LogP contribution is -2.22. The second kappa shape index (κ2) is 5.48. The normalized spacial score (nSPS) is 22.7. The maximum Gasteiger partial charge on any atom is 0.306 e. The van der Waals surface area contributed by atoms with Crippen LogP contribution in [0.5, 0.6) is 0 Å². The number of carboxylic acids is 1. The average molecular weight is 313 g/mol. The Morgan fingerprint density at radius 3 is 2.72 bits per heavy atom. The molecule has 5 nitrogen and oxygen atoms in total. The van der Waals surface area contributed by atoms with Crippen LogP contribution in [0.4, 0.5) is 5.69 Å². The number of rotatable bonds is 3. The molecule has 1 amide bonds. The molecule has 0 aromatic carbocycles. The van der Waals surface area contributed by atoms with Gasteiger partial charge in [-0.25, -0.2) is 4.98 Å². The Morgan fingerprint density at radius 1 is 1.39 bits per heavy atom. The van der Waals surface area contributed by atoms with E-state index in [0.29, 0.717) is 29.6 Å². The molecule has 0 unspecified atom stereocenters. The molecule has 6 heteroatoms. The van der Waals surface area contributed by atoms with E-state index in [9.17, 15) is 9.59 Å². The largest absolute Gasteiger partial charge is 0.481 e. The van der Waals surface area contributed by atoms with Gasteiger partial charge in [-0.3, -0.25) is 9.59 Å². The van der Waals surface area contributed by atoms with Crippen molar-refractivity contribution in [3.63, 3.8) is 0 Å². The Kier molecular flexibility index (Phi) is 3.96. The van der Waals surface area contributed by atoms with E-state index in [0.717, 1.165) is 0 Å². The molecule has 2 atom stereocenters. The van der Waals surface area contributed by atoms with Crippen molar-refractivity contribution in [2.45, 2.75) is 19.3 Å². The fraction of sp³-hybridized carbons (Fsp3) is 0.417. The highest BCUT2D eigenvalue weighted by Crippen LogP contribution is 2.32. The van der Waals surface area contributed by atoms with Crippen LogP contribution in [0.1, 0.15) is 19.3 Å². The lowest BCUT2D eigenvalue weighted by Gasteiger charge is -2.11. The van der Waals surface area contributed by atoms with Crippen LogP contribution in [0.2, 0.25) is 0 Å². The van der Waals surface area contributed by atoms with Gasteiger partial charge < -0.3 is 10.4 Å². The summed E-state index contributed by atoms with van der Waals surface area (Å²) in [7, 11) is 0. The summed E-state index contributed by atoms with van der Waals surface area (Å²) in [5.41, 5.74) is 0.612. The molecule has 2 N–H and O–H groups in total. The molecule has 1 saturated carbocycles. The standard InChI is InChI=1S/C12H13BrN2O3/c13-10-9(2-1-5-14-10)15-11(16)7-3-4-8(6-7)12(17)18/h1-2,5,7-8H,3-4,6H2,(H,15,16)(H,17,18)/t7-,8+/m1/s1. The van der Waals surface area contributed by atoms with Gasteiger partial charge in [0.1, 0.15) is 4.60 Å². The van der Waals surface area contributed by atoms with Crippen molar-refractivity contribution in [3.05, 3.63) is 22.9 Å². The zero-order valence-electron chi connectivity index (χ0n) is 9.60. The van der Waals surface area contributed by atoms with Crippen molar-refractivity contribution >= 4 is 33.5 Å². The molecule has 0 saturated heterocycles. The second-order valence-corrected chi connectivity index (χ2v) is 5.13. The van der Waals surface area contributed by atoms with Gasteiger partial charge in [0.2, 0.25) is 5.91 Å². The average Bonchev–Trinajstić information content (AvgIpc) is 2.81. The van der Waals surface area contributed by atoms with Crippen LogP contribution in [-0.4, -0.2) is 22.0 Å². The number of hydrogen-bond donors (Lipinski definition) is 2. The minimum absolute atomic E-state index is 0.132. The molecule has 0 bridgehead atoms. The third-order valence-corrected chi connectivity index (χ3v) is 3.80. The number of aliphatic carboxylic acids is 1. The summed E-state index contributed by atoms with van der Waals surface area (Å²) in [5.74, 6) is -1.56. The maximum absolute atomic E-state index is 12.0. The van der Waals surface area contributed by atoms with Gasteiger partial charge in [-0.05, 0) is 47.3 Å². The van der Waals surface area contributed by atoms with Crippen LogP contribution in [0, 0.1) is 11.8 Å². The summed E-state index contributed by atoms with van der Waals surface area (Å²) in [6, 6.07) is 3.48. The van der Waals surface area contributed by atoms with Gasteiger partial charge in [-0.1, -0.05) is 0 Å². The van der Waals surface area contributed by atoms with Gasteiger partial charge in [0.15, 0.2) is 0 Å². The van der Waals surface area contributed by atoms with Crippen molar-refractivity contribution < 1.29 is 14.7 Å². The van der Waals surface area contributed by atoms with Crippen molar-refractivity contribution in [2.75, 3.05) is 5.32 Å². The molecule has 18 heavy (non-hydrogen) atoms. The molecule has 0 aliphatic heterocycles. The molecule has 1 aliphatic rings. The number of hydrogen-bond acceptors (Lipinski definition) is 3. The predicted molar refractivity (Wildman–Crippen MR) is 69.0 cm³/mol. The van der Waals surface area contributed by atoms with Crippen LogP contribution in [-0.2, 0) is 9.59 Å². The third-order valence-electron chi connectivity index (χ3n) is 3.17. The van der Waals surface area contributed by atoms with Crippen molar-refractivity contribution in [1.29, 1.82) is 0 Å². The summed E-state index contributed by atoms with van der Waals surface area (Å²) in [5, 5.41) is 11.7. The first-order valence-electron chi connectivity index (χ1n) is 5.72. The topological polar surface area (TPSA) is 79.3 Å². The first-order chi connectivity index (χ1) is 8.58. The molecule has 2 rings (SSSR count). The first kappa shape index (κ1) is 13.0. The van der Waals surface area contributed by atoms with Crippen molar-refractivity contribution in [3.8, 4) is 0 Å². The van der Waals surface area contributed by atoms with Gasteiger partial charge in [0, 0.05) is 12.1 Å². The molecule has 1 aromatic rings. The van der Waals surface area contributed by atoms with Gasteiger partial charge in [-0.2, -0.15) is 0 Å². The van der Waals surface area contributed by atoms with Gasteiger partial charge in [0.05, 0.1) is 11.6 Å². The van der Waals surface area contributed by atoms with E-state index in [1.807, 2.05) is 0 Å². The lowest BCUT2D eigenvalue weighted by atomic mass is 10.0. The minimum atomic E-state index is -0.812. The summed E-state index contributed by atoms with van der Waals surface area (Å²) in [4.78, 5) is 26.8. The van der Waals surface area contributed by atoms with E-state index < -0.39 is 11.9 Å². The summed E-state index contributed by atoms with van der Waals surface area (Å²) >= 11 is 3.25. The number of nitrogens with zero attached hydrogens (tertiary/aromatic N) is 1. The molecular formula is C12H13BrN2O3. The number of anilines is 1. The maximum atomic E-state index is 12.0. The Bertz CT molecular complexity index is 478. The van der Waals surface area contributed by atoms with Gasteiger partial charge in [-0.15, -0.1) is 0 Å². The van der Waals surface area contributed by atoms with Crippen LogP contribution in [0.15, 0.2) is 22.9 Å². The van der Waals surface area contributed by atoms with Crippen LogP contribution < -0.4 is 5.32 Å². The van der Waals surface area contributed by atoms with E-state index >= 15 is 0 Å². The molecular weight excluding hydrogens is 300 g/mol. The van der Waals surface area contributed by atoms with Crippen molar-refractivity contribution in [1.82, 2.24) is 4.98 Å². The molecule has 1 fully saturated rings. The van der Waals surface area contributed by atoms with Crippen molar-refractivity contribution in [2.24, 2.45) is 11.8 Å². The Balaban J connectivity index is 1.98. The number of carboxylic acid groups (broad SMARTS) is 1. The Morgan fingerprint density at radius 2 is 2.11 bits per heavy atom. The Hall–Kier alpha value is -1.43. The van der Waals surface area contributed by atoms with E-state index in [2.05, 4.69) is 26.2 Å². The van der Waals surface area contributed by atoms with Gasteiger partial charge >= 0.3 is 5.97 Å². The van der Waals surface area contributed by atoms with E-state index in [-0.39, 0.29) is 11.8 Å². The molecule has 0 radical (unpaired) electrons. The highest BCUT2D eigenvalue weighted by Gasteiger charge is 2.33. The van der Waals surface area contributed by atoms with Crippen LogP contribution in [0.3, 0.4) is 0 Å². The number of pyridine rings is 1. The number of aromatic nitrogens is 1. The minimum Gasteiger partial charge on any atom is -0.481 e. The highest BCUT2D eigenvalue weighted by atomic mass is 79.9. The summed E-state index contributed by atoms with van der Waals surface area (Å²) in [6.07, 6.45) is 3.23. The fourth-order valence-electron chi connectivity index (χ4n) is 2.16.